The van der Waals surface area contributed by atoms with Gasteiger partial charge >= 0.3 is 89.5 Å². The number of hydrogen-bond donors (Lipinski definition) is 0. The molecule has 0 radical (unpaired) electrons. The van der Waals surface area contributed by atoms with Crippen molar-refractivity contribution in [2.75, 3.05) is 0 Å². The first-order valence-corrected chi connectivity index (χ1v) is 18.0. The van der Waals surface area contributed by atoms with Gasteiger partial charge in [-0.2, -0.15) is 11.6 Å². The van der Waals surface area contributed by atoms with Crippen LogP contribution in [-0.2, 0) is 29.7 Å². The quantitative estimate of drug-likeness (QED) is 0.253. The van der Waals surface area contributed by atoms with E-state index in [1.165, 1.54) is 68.9 Å². The molecule has 3 heteroatoms. The van der Waals surface area contributed by atoms with E-state index in [1.54, 1.807) is 44.1 Å². The molecule has 4 aromatic rings. The van der Waals surface area contributed by atoms with Crippen LogP contribution in [0.4, 0.5) is 0 Å². The minimum absolute atomic E-state index is 0. The summed E-state index contributed by atoms with van der Waals surface area (Å²) >= 11 is 1.46. The van der Waals surface area contributed by atoms with Crippen LogP contribution in [0.25, 0.3) is 21.5 Å². The van der Waals surface area contributed by atoms with Gasteiger partial charge in [0.25, 0.3) is 0 Å². The molecule has 4 fully saturated rings. The van der Waals surface area contributed by atoms with E-state index < -0.39 is 0 Å². The van der Waals surface area contributed by atoms with Gasteiger partial charge < -0.3 is 24.8 Å². The summed E-state index contributed by atoms with van der Waals surface area (Å²) in [6.45, 7) is 11.3. The summed E-state index contributed by atoms with van der Waals surface area (Å²) in [5.41, 5.74) is 6.82. The monoisotopic (exact) mass is 712 g/mol. The van der Waals surface area contributed by atoms with Crippen molar-refractivity contribution in [1.82, 2.24) is 0 Å². The maximum atomic E-state index is 3.57. The zero-order valence-corrected chi connectivity index (χ0v) is 31.6. The van der Waals surface area contributed by atoms with Gasteiger partial charge in [-0.1, -0.05) is 62.6 Å². The molecule has 0 aliphatic heterocycles. The largest absolute Gasteiger partial charge is 1.00 e. The Morgan fingerprint density at radius 2 is 1.29 bits per heavy atom. The molecule has 1 unspecified atom stereocenters. The fourth-order valence-corrected chi connectivity index (χ4v) is 9.46. The molecule has 0 amide bonds. The summed E-state index contributed by atoms with van der Waals surface area (Å²) in [5.74, 6) is 3.82. The van der Waals surface area contributed by atoms with Crippen LogP contribution in [0.1, 0.15) is 90.7 Å². The van der Waals surface area contributed by atoms with Crippen molar-refractivity contribution in [3.8, 4) is 0 Å². The summed E-state index contributed by atoms with van der Waals surface area (Å²) in [7, 11) is 0. The molecule has 0 N–H and O–H groups in total. The van der Waals surface area contributed by atoms with E-state index in [0.29, 0.717) is 11.3 Å². The van der Waals surface area contributed by atoms with E-state index in [2.05, 4.69) is 129 Å². The Kier molecular flexibility index (Phi) is 12.1. The van der Waals surface area contributed by atoms with Crippen molar-refractivity contribution >= 4 is 25.3 Å². The first-order chi connectivity index (χ1) is 20.6. The molecular weight excluding hydrogens is 667 g/mol. The minimum atomic E-state index is 0. The molecule has 4 aromatic carbocycles. The summed E-state index contributed by atoms with van der Waals surface area (Å²) in [4.78, 5) is 0. The third-order valence-electron chi connectivity index (χ3n) is 10.6. The van der Waals surface area contributed by atoms with E-state index in [9.17, 15) is 0 Å². The van der Waals surface area contributed by atoms with Crippen LogP contribution in [-0.4, -0.2) is 3.71 Å². The van der Waals surface area contributed by atoms with E-state index >= 15 is 0 Å². The average molecular weight is 715 g/mol. The fraction of sp³-hybridized carbons (Fsp3) is 0.429. The number of rotatable bonds is 3. The maximum Gasteiger partial charge on any atom is -0.0402 e. The van der Waals surface area contributed by atoms with Gasteiger partial charge in [-0.25, -0.2) is 5.57 Å². The number of halogens is 2. The molecule has 4 saturated carbocycles. The molecular formula is C42H48Cl2Zr-2. The van der Waals surface area contributed by atoms with E-state index in [1.807, 2.05) is 0 Å². The van der Waals surface area contributed by atoms with Crippen LogP contribution in [0.15, 0.2) is 96.1 Å². The zero-order valence-electron chi connectivity index (χ0n) is 27.7. The Balaban J connectivity index is 0.000000155. The van der Waals surface area contributed by atoms with Crippen LogP contribution in [0, 0.1) is 35.2 Å². The molecule has 45 heavy (non-hydrogen) atoms. The minimum Gasteiger partial charge on any atom is -1.00 e. The van der Waals surface area contributed by atoms with Crippen molar-refractivity contribution in [2.24, 2.45) is 29.1 Å². The van der Waals surface area contributed by atoms with Gasteiger partial charge in [0.05, 0.1) is 0 Å². The molecule has 9 rings (SSSR count). The SMILES string of the molecule is CC(C)(C)c1ccc([CH]=[Zr+2])cc1.CC1=[C-]C(C)C=C1CC12CC3CC(CC(C3)C1)C2.[Cl-].[Cl-].c1ccc2c(c1)[cH-]c1ccccc12. The summed E-state index contributed by atoms with van der Waals surface area (Å²) in [6, 6.07) is 28.1. The standard InChI is InChI=1S/C18H25.C13H9.C11H14.2ClH.Zr/c1-12-3-13(2)17(4-12)11-18-8-14-5-15(9-18)7-16(6-14)10-18;1-3-7-12-10(5-1)9-11-6-2-4-8-13(11)12;1-9-5-7-10(8-6-9)11(2,3)4;;;/h4,12,14-16H,5-11H2,1-2H3;1-9H;1,5-8H,2-4H3;2*1H;/q2*-1;;;;+2/p-2. The van der Waals surface area contributed by atoms with Crippen LogP contribution < -0.4 is 24.8 Å². The molecule has 1 atom stereocenters. The normalized spacial score (nSPS) is 26.0. The Morgan fingerprint density at radius 1 is 0.800 bits per heavy atom. The molecule has 0 saturated heterocycles. The maximum absolute atomic E-state index is 3.57. The number of hydrogen-bond acceptors (Lipinski definition) is 0. The third-order valence-corrected chi connectivity index (χ3v) is 11.4. The predicted molar refractivity (Wildman–Crippen MR) is 182 cm³/mol. The molecule has 0 heterocycles. The topological polar surface area (TPSA) is 0 Å². The van der Waals surface area contributed by atoms with Crippen LogP contribution in [0.5, 0.6) is 0 Å². The van der Waals surface area contributed by atoms with Gasteiger partial charge in [0, 0.05) is 0 Å². The molecule has 0 nitrogen and oxygen atoms in total. The Labute approximate surface area is 299 Å². The van der Waals surface area contributed by atoms with Crippen molar-refractivity contribution in [2.45, 2.75) is 85.0 Å². The summed E-state index contributed by atoms with van der Waals surface area (Å²) in [6.07, 6.45) is 16.7. The van der Waals surface area contributed by atoms with E-state index in [4.69, 9.17) is 0 Å². The van der Waals surface area contributed by atoms with Gasteiger partial charge in [0.15, 0.2) is 0 Å². The number of fused-ring (bicyclic) bond motifs is 3. The first-order valence-electron chi connectivity index (χ1n) is 16.6. The Bertz CT molecular complexity index is 1560. The van der Waals surface area contributed by atoms with Crippen molar-refractivity contribution in [3.05, 3.63) is 113 Å². The second-order valence-corrected chi connectivity index (χ2v) is 15.9. The number of benzene rings is 3. The zero-order chi connectivity index (χ0) is 30.2. The molecule has 4 bridgehead atoms. The smallest absolute Gasteiger partial charge is 0.0402 e. The van der Waals surface area contributed by atoms with Gasteiger partial charge in [-0.05, 0) is 61.7 Å². The predicted octanol–water partition coefficient (Wildman–Crippen LogP) is 5.32. The van der Waals surface area contributed by atoms with Gasteiger partial charge in [-0.15, -0.1) is 39.7 Å². The van der Waals surface area contributed by atoms with Crippen molar-refractivity contribution in [1.29, 1.82) is 0 Å². The molecule has 0 aromatic heterocycles. The Morgan fingerprint density at radius 3 is 1.71 bits per heavy atom. The van der Waals surface area contributed by atoms with Gasteiger partial charge in [-0.3, -0.25) is 6.08 Å². The molecule has 5 aliphatic rings. The van der Waals surface area contributed by atoms with Gasteiger partial charge in [0.2, 0.25) is 0 Å². The summed E-state index contributed by atoms with van der Waals surface area (Å²) < 4.78 is 2.21. The van der Waals surface area contributed by atoms with E-state index in [-0.39, 0.29) is 30.2 Å². The van der Waals surface area contributed by atoms with Crippen molar-refractivity contribution < 1.29 is 49.0 Å². The van der Waals surface area contributed by atoms with Crippen molar-refractivity contribution in [3.63, 3.8) is 0 Å². The number of allylic oxidation sites excluding steroid dienone is 4. The molecule has 0 spiro atoms. The van der Waals surface area contributed by atoms with Crippen LogP contribution >= 0.6 is 0 Å². The van der Waals surface area contributed by atoms with E-state index in [0.717, 1.165) is 17.8 Å². The first kappa shape index (κ1) is 36.2. The van der Waals surface area contributed by atoms with Crippen LogP contribution in [0.2, 0.25) is 0 Å². The second kappa shape index (κ2) is 15.1. The molecule has 236 valence electrons. The van der Waals surface area contributed by atoms with Gasteiger partial charge in [0.1, 0.15) is 0 Å². The average Bonchev–Trinajstić information content (AvgIpc) is 3.50. The Hall–Kier alpha value is -1.66. The second-order valence-electron chi connectivity index (χ2n) is 15.2. The summed E-state index contributed by atoms with van der Waals surface area (Å²) in [5, 5.41) is 5.39. The fourth-order valence-electron chi connectivity index (χ4n) is 8.99. The third kappa shape index (κ3) is 8.44. The molecule has 5 aliphatic carbocycles. The van der Waals surface area contributed by atoms with Crippen LogP contribution in [0.3, 0.4) is 0 Å².